The maximum atomic E-state index is 12.6. The van der Waals surface area contributed by atoms with Crippen LogP contribution in [0.4, 0.5) is 0 Å². The SMILES string of the molecule is CC1(C)CCCC1CNC(=O)c1ccc(-c2cccc(OCc3ccccn3)c2)cc1. The number of aromatic nitrogens is 1. The summed E-state index contributed by atoms with van der Waals surface area (Å²) in [6.45, 7) is 5.80. The third-order valence-electron chi connectivity index (χ3n) is 6.42. The van der Waals surface area contributed by atoms with Gasteiger partial charge in [0.05, 0.1) is 5.69 Å². The summed E-state index contributed by atoms with van der Waals surface area (Å²) in [7, 11) is 0. The highest BCUT2D eigenvalue weighted by molar-refractivity contribution is 5.94. The van der Waals surface area contributed by atoms with E-state index >= 15 is 0 Å². The van der Waals surface area contributed by atoms with Crippen LogP contribution < -0.4 is 10.1 Å². The lowest BCUT2D eigenvalue weighted by Crippen LogP contribution is -2.33. The molecule has 1 aliphatic rings. The van der Waals surface area contributed by atoms with Crippen molar-refractivity contribution >= 4 is 5.91 Å². The second-order valence-electron chi connectivity index (χ2n) is 9.00. The van der Waals surface area contributed by atoms with E-state index in [2.05, 4.69) is 24.1 Å². The Morgan fingerprint density at radius 2 is 1.90 bits per heavy atom. The highest BCUT2D eigenvalue weighted by Gasteiger charge is 2.34. The Morgan fingerprint density at radius 3 is 2.61 bits per heavy atom. The molecule has 1 N–H and O–H groups in total. The van der Waals surface area contributed by atoms with Gasteiger partial charge >= 0.3 is 0 Å². The molecule has 160 valence electrons. The molecule has 2 aromatic carbocycles. The van der Waals surface area contributed by atoms with E-state index in [4.69, 9.17) is 4.74 Å². The van der Waals surface area contributed by atoms with Crippen molar-refractivity contribution in [2.75, 3.05) is 6.54 Å². The lowest BCUT2D eigenvalue weighted by molar-refractivity contribution is 0.0937. The molecular weight excluding hydrogens is 384 g/mol. The van der Waals surface area contributed by atoms with E-state index in [0.29, 0.717) is 23.5 Å². The minimum absolute atomic E-state index is 0.00157. The van der Waals surface area contributed by atoms with Crippen LogP contribution in [0.15, 0.2) is 72.9 Å². The summed E-state index contributed by atoms with van der Waals surface area (Å²) in [5.74, 6) is 1.36. The van der Waals surface area contributed by atoms with Crippen molar-refractivity contribution in [3.8, 4) is 16.9 Å². The highest BCUT2D eigenvalue weighted by Crippen LogP contribution is 2.42. The molecule has 4 nitrogen and oxygen atoms in total. The summed E-state index contributed by atoms with van der Waals surface area (Å²) in [6, 6.07) is 21.5. The summed E-state index contributed by atoms with van der Waals surface area (Å²) in [5.41, 5.74) is 4.02. The molecule has 31 heavy (non-hydrogen) atoms. The summed E-state index contributed by atoms with van der Waals surface area (Å²) in [4.78, 5) is 16.9. The minimum atomic E-state index is 0.00157. The predicted molar refractivity (Wildman–Crippen MR) is 124 cm³/mol. The maximum absolute atomic E-state index is 12.6. The normalized spacial score (nSPS) is 17.3. The fourth-order valence-electron chi connectivity index (χ4n) is 4.32. The molecule has 0 radical (unpaired) electrons. The van der Waals surface area contributed by atoms with Crippen LogP contribution >= 0.6 is 0 Å². The number of hydrogen-bond acceptors (Lipinski definition) is 3. The Bertz CT molecular complexity index is 1010. The molecule has 4 rings (SSSR count). The highest BCUT2D eigenvalue weighted by atomic mass is 16.5. The average molecular weight is 415 g/mol. The van der Waals surface area contributed by atoms with Crippen LogP contribution in [-0.2, 0) is 6.61 Å². The van der Waals surface area contributed by atoms with Crippen molar-refractivity contribution in [3.63, 3.8) is 0 Å². The fourth-order valence-corrected chi connectivity index (χ4v) is 4.32. The van der Waals surface area contributed by atoms with Crippen molar-refractivity contribution in [3.05, 3.63) is 84.2 Å². The molecule has 1 heterocycles. The van der Waals surface area contributed by atoms with Crippen LogP contribution in [0, 0.1) is 11.3 Å². The molecule has 1 fully saturated rings. The number of pyridine rings is 1. The summed E-state index contributed by atoms with van der Waals surface area (Å²) >= 11 is 0. The molecule has 0 aliphatic heterocycles. The van der Waals surface area contributed by atoms with Gasteiger partial charge in [-0.2, -0.15) is 0 Å². The van der Waals surface area contributed by atoms with Crippen molar-refractivity contribution < 1.29 is 9.53 Å². The monoisotopic (exact) mass is 414 g/mol. The number of nitrogens with one attached hydrogen (secondary N) is 1. The average Bonchev–Trinajstić information content (AvgIpc) is 3.15. The summed E-state index contributed by atoms with van der Waals surface area (Å²) in [6.07, 6.45) is 5.46. The van der Waals surface area contributed by atoms with Crippen molar-refractivity contribution in [1.29, 1.82) is 0 Å². The topological polar surface area (TPSA) is 51.2 Å². The van der Waals surface area contributed by atoms with Crippen LogP contribution in [0.25, 0.3) is 11.1 Å². The minimum Gasteiger partial charge on any atom is -0.487 e. The van der Waals surface area contributed by atoms with Gasteiger partial charge in [-0.25, -0.2) is 0 Å². The van der Waals surface area contributed by atoms with Crippen molar-refractivity contribution in [1.82, 2.24) is 10.3 Å². The molecule has 0 spiro atoms. The predicted octanol–water partition coefficient (Wildman–Crippen LogP) is 5.88. The number of benzene rings is 2. The number of hydrogen-bond donors (Lipinski definition) is 1. The van der Waals surface area contributed by atoms with Gasteiger partial charge in [0.15, 0.2) is 0 Å². The van der Waals surface area contributed by atoms with Crippen LogP contribution in [0.5, 0.6) is 5.75 Å². The Morgan fingerprint density at radius 1 is 1.06 bits per heavy atom. The van der Waals surface area contributed by atoms with E-state index in [-0.39, 0.29) is 5.91 Å². The number of ether oxygens (including phenoxy) is 1. The smallest absolute Gasteiger partial charge is 0.251 e. The largest absolute Gasteiger partial charge is 0.487 e. The summed E-state index contributed by atoms with van der Waals surface area (Å²) < 4.78 is 5.89. The van der Waals surface area contributed by atoms with Crippen molar-refractivity contribution in [2.45, 2.75) is 39.7 Å². The summed E-state index contributed by atoms with van der Waals surface area (Å²) in [5, 5.41) is 3.13. The lowest BCUT2D eigenvalue weighted by atomic mass is 9.82. The molecule has 3 aromatic rings. The first-order valence-electron chi connectivity index (χ1n) is 11.0. The van der Waals surface area contributed by atoms with Crippen LogP contribution in [0.3, 0.4) is 0 Å². The number of carbonyl (C=O) groups excluding carboxylic acids is 1. The Balaban J connectivity index is 1.37. The zero-order valence-electron chi connectivity index (χ0n) is 18.3. The second-order valence-corrected chi connectivity index (χ2v) is 9.00. The Labute approximate surface area is 184 Å². The first-order valence-corrected chi connectivity index (χ1v) is 11.0. The quantitative estimate of drug-likeness (QED) is 0.525. The molecule has 1 atom stereocenters. The molecule has 1 aliphatic carbocycles. The number of rotatable bonds is 7. The third kappa shape index (κ3) is 5.32. The number of carbonyl (C=O) groups is 1. The second kappa shape index (κ2) is 9.34. The van der Waals surface area contributed by atoms with Gasteiger partial charge in [-0.3, -0.25) is 9.78 Å². The molecule has 1 unspecified atom stereocenters. The zero-order chi connectivity index (χ0) is 21.7. The Kier molecular flexibility index (Phi) is 6.36. The van der Waals surface area contributed by atoms with Gasteiger partial charge in [0, 0.05) is 18.3 Å². The van der Waals surface area contributed by atoms with Crippen molar-refractivity contribution in [2.24, 2.45) is 11.3 Å². The van der Waals surface area contributed by atoms with Crippen LogP contribution in [0.2, 0.25) is 0 Å². The van der Waals surface area contributed by atoms with E-state index in [1.54, 1.807) is 6.20 Å². The first-order chi connectivity index (χ1) is 15.0. The Hall–Kier alpha value is -3.14. The maximum Gasteiger partial charge on any atom is 0.251 e. The molecule has 1 saturated carbocycles. The van der Waals surface area contributed by atoms with Crippen LogP contribution in [0.1, 0.15) is 49.2 Å². The van der Waals surface area contributed by atoms with Crippen LogP contribution in [-0.4, -0.2) is 17.4 Å². The van der Waals surface area contributed by atoms with Gasteiger partial charge in [0.1, 0.15) is 12.4 Å². The molecule has 0 bridgehead atoms. The standard InChI is InChI=1S/C27H30N2O2/c1-27(2)15-6-8-23(27)18-29-26(30)21-13-11-20(12-14-21)22-7-5-10-25(17-22)31-19-24-9-3-4-16-28-24/h3-5,7,9-14,16-17,23H,6,8,15,18-19H2,1-2H3,(H,29,30). The molecule has 4 heteroatoms. The van der Waals surface area contributed by atoms with Gasteiger partial charge in [-0.1, -0.05) is 50.6 Å². The van der Waals surface area contributed by atoms with E-state index in [1.165, 1.54) is 19.3 Å². The fraction of sp³-hybridized carbons (Fsp3) is 0.333. The van der Waals surface area contributed by atoms with Gasteiger partial charge in [-0.05, 0) is 71.7 Å². The molecule has 0 saturated heterocycles. The molecular formula is C27H30N2O2. The first kappa shape index (κ1) is 21.1. The van der Waals surface area contributed by atoms with E-state index in [1.807, 2.05) is 66.7 Å². The zero-order valence-corrected chi connectivity index (χ0v) is 18.3. The van der Waals surface area contributed by atoms with E-state index in [9.17, 15) is 4.79 Å². The lowest BCUT2D eigenvalue weighted by Gasteiger charge is -2.27. The van der Waals surface area contributed by atoms with Gasteiger partial charge in [0.25, 0.3) is 5.91 Å². The van der Waals surface area contributed by atoms with E-state index in [0.717, 1.165) is 29.1 Å². The van der Waals surface area contributed by atoms with E-state index < -0.39 is 0 Å². The van der Waals surface area contributed by atoms with Gasteiger partial charge in [0.2, 0.25) is 0 Å². The van der Waals surface area contributed by atoms with Gasteiger partial charge in [-0.15, -0.1) is 0 Å². The molecule has 1 aromatic heterocycles. The third-order valence-corrected chi connectivity index (χ3v) is 6.42. The molecule has 1 amide bonds. The van der Waals surface area contributed by atoms with Gasteiger partial charge < -0.3 is 10.1 Å². The number of amides is 1. The number of nitrogens with zero attached hydrogens (tertiary/aromatic N) is 1.